The second-order valence-electron chi connectivity index (χ2n) is 4.58. The van der Waals surface area contributed by atoms with Crippen LogP contribution in [0.15, 0.2) is 39.3 Å². The van der Waals surface area contributed by atoms with Crippen molar-refractivity contribution in [3.63, 3.8) is 0 Å². The van der Waals surface area contributed by atoms with Crippen molar-refractivity contribution in [3.05, 3.63) is 36.2 Å². The van der Waals surface area contributed by atoms with Gasteiger partial charge in [0.05, 0.1) is 6.61 Å². The van der Waals surface area contributed by atoms with Gasteiger partial charge in [0.15, 0.2) is 5.76 Å². The molecule has 0 amide bonds. The first-order chi connectivity index (χ1) is 9.76. The van der Waals surface area contributed by atoms with E-state index in [2.05, 4.69) is 10.1 Å². The first-order valence-corrected chi connectivity index (χ1v) is 6.32. The number of hydrogen-bond donors (Lipinski definition) is 1. The molecule has 0 fully saturated rings. The van der Waals surface area contributed by atoms with Gasteiger partial charge in [0.2, 0.25) is 11.7 Å². The third-order valence-electron chi connectivity index (χ3n) is 2.93. The van der Waals surface area contributed by atoms with E-state index in [0.717, 1.165) is 11.0 Å². The molecule has 0 aliphatic carbocycles. The molecule has 2 N–H and O–H groups in total. The van der Waals surface area contributed by atoms with Crippen molar-refractivity contribution in [2.24, 2.45) is 5.73 Å². The highest BCUT2D eigenvalue weighted by molar-refractivity contribution is 5.81. The molecule has 0 saturated carbocycles. The summed E-state index contributed by atoms with van der Waals surface area (Å²) in [6.07, 6.45) is 0.473. The Kier molecular flexibility index (Phi) is 3.49. The minimum absolute atomic E-state index is 0.163. The number of nitrogens with two attached hydrogens (primary N) is 1. The van der Waals surface area contributed by atoms with Crippen LogP contribution in [0.3, 0.4) is 0 Å². The SMILES string of the molecule is COCC(N)Cc1nc(-c2cc3ccccc3o2)no1. The molecule has 1 atom stereocenters. The molecular weight excluding hydrogens is 258 g/mol. The third-order valence-corrected chi connectivity index (χ3v) is 2.93. The summed E-state index contributed by atoms with van der Waals surface area (Å²) in [5.41, 5.74) is 6.65. The molecular formula is C14H15N3O3. The van der Waals surface area contributed by atoms with Crippen LogP contribution in [-0.2, 0) is 11.2 Å². The Hall–Kier alpha value is -2.18. The number of benzene rings is 1. The van der Waals surface area contributed by atoms with E-state index < -0.39 is 0 Å². The van der Waals surface area contributed by atoms with Gasteiger partial charge in [-0.2, -0.15) is 4.98 Å². The molecule has 0 bridgehead atoms. The van der Waals surface area contributed by atoms with E-state index in [1.54, 1.807) is 7.11 Å². The molecule has 3 rings (SSSR count). The number of nitrogens with zero attached hydrogens (tertiary/aromatic N) is 2. The van der Waals surface area contributed by atoms with Crippen molar-refractivity contribution >= 4 is 11.0 Å². The highest BCUT2D eigenvalue weighted by Crippen LogP contribution is 2.25. The maximum Gasteiger partial charge on any atom is 0.238 e. The van der Waals surface area contributed by atoms with Crippen LogP contribution >= 0.6 is 0 Å². The largest absolute Gasteiger partial charge is 0.453 e. The molecule has 2 heterocycles. The molecule has 20 heavy (non-hydrogen) atoms. The van der Waals surface area contributed by atoms with Crippen LogP contribution in [0.2, 0.25) is 0 Å². The lowest BCUT2D eigenvalue weighted by Gasteiger charge is -2.05. The molecule has 0 aliphatic rings. The van der Waals surface area contributed by atoms with E-state index in [4.69, 9.17) is 19.4 Å². The van der Waals surface area contributed by atoms with Gasteiger partial charge in [-0.15, -0.1) is 0 Å². The number of hydrogen-bond acceptors (Lipinski definition) is 6. The summed E-state index contributed by atoms with van der Waals surface area (Å²) in [4.78, 5) is 4.29. The van der Waals surface area contributed by atoms with Gasteiger partial charge in [-0.05, 0) is 12.1 Å². The highest BCUT2D eigenvalue weighted by atomic mass is 16.5. The fourth-order valence-electron chi connectivity index (χ4n) is 2.03. The van der Waals surface area contributed by atoms with E-state index in [-0.39, 0.29) is 6.04 Å². The second-order valence-corrected chi connectivity index (χ2v) is 4.58. The molecule has 104 valence electrons. The summed E-state index contributed by atoms with van der Waals surface area (Å²) < 4.78 is 15.8. The monoisotopic (exact) mass is 273 g/mol. The van der Waals surface area contributed by atoms with Crippen LogP contribution in [0.25, 0.3) is 22.6 Å². The van der Waals surface area contributed by atoms with Crippen LogP contribution in [0.4, 0.5) is 0 Å². The van der Waals surface area contributed by atoms with E-state index in [1.165, 1.54) is 0 Å². The molecule has 3 aromatic rings. The summed E-state index contributed by atoms with van der Waals surface area (Å²) in [5.74, 6) is 1.49. The zero-order valence-electron chi connectivity index (χ0n) is 11.1. The molecule has 0 aliphatic heterocycles. The summed E-state index contributed by atoms with van der Waals surface area (Å²) in [6.45, 7) is 0.447. The lowest BCUT2D eigenvalue weighted by Crippen LogP contribution is -2.28. The molecule has 0 radical (unpaired) electrons. The minimum atomic E-state index is -0.163. The first kappa shape index (κ1) is 12.8. The van der Waals surface area contributed by atoms with Gasteiger partial charge in [-0.25, -0.2) is 0 Å². The smallest absolute Gasteiger partial charge is 0.238 e. The van der Waals surface area contributed by atoms with Crippen molar-refractivity contribution < 1.29 is 13.7 Å². The topological polar surface area (TPSA) is 87.3 Å². The zero-order chi connectivity index (χ0) is 13.9. The van der Waals surface area contributed by atoms with Gasteiger partial charge in [-0.1, -0.05) is 23.4 Å². The lowest BCUT2D eigenvalue weighted by atomic mass is 10.2. The zero-order valence-corrected chi connectivity index (χ0v) is 11.1. The van der Waals surface area contributed by atoms with Gasteiger partial charge in [0.1, 0.15) is 5.58 Å². The van der Waals surface area contributed by atoms with Crippen LogP contribution in [0.1, 0.15) is 5.89 Å². The number of para-hydroxylation sites is 1. The van der Waals surface area contributed by atoms with E-state index in [0.29, 0.717) is 30.5 Å². The quantitative estimate of drug-likeness (QED) is 0.765. The Labute approximate surface area is 115 Å². The van der Waals surface area contributed by atoms with E-state index >= 15 is 0 Å². The fraction of sp³-hybridized carbons (Fsp3) is 0.286. The third kappa shape index (κ3) is 2.56. The van der Waals surface area contributed by atoms with Gasteiger partial charge < -0.3 is 19.4 Å². The minimum Gasteiger partial charge on any atom is -0.453 e. The van der Waals surface area contributed by atoms with E-state index in [1.807, 2.05) is 30.3 Å². The van der Waals surface area contributed by atoms with Gasteiger partial charge in [-0.3, -0.25) is 0 Å². The van der Waals surface area contributed by atoms with Crippen molar-refractivity contribution in [3.8, 4) is 11.6 Å². The van der Waals surface area contributed by atoms with E-state index in [9.17, 15) is 0 Å². The number of furan rings is 1. The fourth-order valence-corrected chi connectivity index (χ4v) is 2.03. The normalized spacial score (nSPS) is 12.9. The number of methoxy groups -OCH3 is 1. The van der Waals surface area contributed by atoms with Gasteiger partial charge >= 0.3 is 0 Å². The van der Waals surface area contributed by atoms with Crippen LogP contribution in [0, 0.1) is 0 Å². The Bertz CT molecular complexity index is 671. The summed E-state index contributed by atoms with van der Waals surface area (Å²) in [6, 6.07) is 9.46. The molecule has 1 aromatic carbocycles. The van der Waals surface area contributed by atoms with Crippen molar-refractivity contribution in [2.75, 3.05) is 13.7 Å². The molecule has 6 nitrogen and oxygen atoms in total. The standard InChI is InChI=1S/C14H15N3O3/c1-18-8-10(15)7-13-16-14(17-20-13)12-6-9-4-2-3-5-11(9)19-12/h2-6,10H,7-8,15H2,1H3. The number of aromatic nitrogens is 2. The van der Waals surface area contributed by atoms with Gasteiger partial charge in [0, 0.05) is 25.0 Å². The van der Waals surface area contributed by atoms with Gasteiger partial charge in [0.25, 0.3) is 0 Å². The number of rotatable bonds is 5. The predicted molar refractivity (Wildman–Crippen MR) is 73.1 cm³/mol. The maximum atomic E-state index is 5.85. The average Bonchev–Trinajstić information content (AvgIpc) is 3.04. The Morgan fingerprint density at radius 3 is 3.00 bits per heavy atom. The van der Waals surface area contributed by atoms with Crippen LogP contribution in [0.5, 0.6) is 0 Å². The van der Waals surface area contributed by atoms with Crippen LogP contribution < -0.4 is 5.73 Å². The van der Waals surface area contributed by atoms with Crippen molar-refractivity contribution in [1.82, 2.24) is 10.1 Å². The summed E-state index contributed by atoms with van der Waals surface area (Å²) >= 11 is 0. The molecule has 1 unspecified atom stereocenters. The average molecular weight is 273 g/mol. The number of ether oxygens (including phenoxy) is 1. The molecule has 0 saturated heterocycles. The van der Waals surface area contributed by atoms with Crippen LogP contribution in [-0.4, -0.2) is 29.9 Å². The second kappa shape index (κ2) is 5.44. The molecule has 0 spiro atoms. The Morgan fingerprint density at radius 2 is 2.20 bits per heavy atom. The predicted octanol–water partition coefficient (Wildman–Crippen LogP) is 2.00. The Balaban J connectivity index is 1.82. The molecule has 2 aromatic heterocycles. The van der Waals surface area contributed by atoms with Crippen molar-refractivity contribution in [1.29, 1.82) is 0 Å². The molecule has 6 heteroatoms. The first-order valence-electron chi connectivity index (χ1n) is 6.32. The van der Waals surface area contributed by atoms with Crippen molar-refractivity contribution in [2.45, 2.75) is 12.5 Å². The highest BCUT2D eigenvalue weighted by Gasteiger charge is 2.15. The number of fused-ring (bicyclic) bond motifs is 1. The maximum absolute atomic E-state index is 5.85. The Morgan fingerprint density at radius 1 is 1.35 bits per heavy atom. The summed E-state index contributed by atoms with van der Waals surface area (Å²) in [5, 5.41) is 4.92. The summed E-state index contributed by atoms with van der Waals surface area (Å²) in [7, 11) is 1.60. The lowest BCUT2D eigenvalue weighted by molar-refractivity contribution is 0.176.